The summed E-state index contributed by atoms with van der Waals surface area (Å²) in [4.78, 5) is 24.9. The Labute approximate surface area is 672 Å². The number of hydrogen-bond donors (Lipinski definition) is 1. The van der Waals surface area contributed by atoms with Gasteiger partial charge in [0.1, 0.15) is 0 Å². The standard InChI is InChI=1S/C41H38N.C19H18N.C15H10N.C14H8S.C5H8O2.4Ir/c1-40(2,3)36-18-14-28(15-19-36)33-25-34(29-16-20-37(21-17-29)41(4,5)6)27-35(26-33)31-11-9-12-32(24-31)39-38-13-8-7-10-30(38)22-23-42-39;1-19(2,3)16-10-8-15(9-11-16)18-17-7-5-4-6-14(17)12-13-20-18;1-2-7-13(8-3-1)15-14-9-5-4-6-12(14)10-11-16-15;1-2-6-11(7-3-1)14-10-12-8-4-5-9-13(12)15-14;1-4(6)3-5(2)7;;;;/h7-11,13-27H,1-6H3;4-8,10-13H,1-3H3;1-7,9-11H;1-6,8-9H;3,6H,1-2H3;;;;/q3*-1;-2;;;;;. The fraction of sp³-hybridized carbons (Fsp3) is 0.149. The Kier molecular flexibility index (Phi) is 30.1. The van der Waals surface area contributed by atoms with E-state index < -0.39 is 0 Å². The minimum absolute atomic E-state index is 0. The van der Waals surface area contributed by atoms with Crippen LogP contribution < -0.4 is 0 Å². The number of aliphatic hydroxyl groups excluding tert-OH is 1. The summed E-state index contributed by atoms with van der Waals surface area (Å²) in [6.45, 7) is 23.1. The maximum atomic E-state index is 10.0. The maximum absolute atomic E-state index is 10.0. The molecule has 0 aliphatic rings. The maximum Gasteiger partial charge on any atom is 0.155 e. The molecule has 104 heavy (non-hydrogen) atoms. The Morgan fingerprint density at radius 1 is 0.375 bits per heavy atom. The van der Waals surface area contributed by atoms with Crippen molar-refractivity contribution in [2.45, 2.75) is 92.4 Å². The second kappa shape index (κ2) is 37.9. The fourth-order valence-corrected chi connectivity index (χ4v) is 12.7. The van der Waals surface area contributed by atoms with Crippen molar-refractivity contribution in [2.24, 2.45) is 0 Å². The average molecular weight is 2090 g/mol. The number of allylic oxidation sites excluding steroid dienone is 2. The van der Waals surface area contributed by atoms with E-state index in [1.54, 1.807) is 11.3 Å². The smallest absolute Gasteiger partial charge is 0.155 e. The van der Waals surface area contributed by atoms with E-state index in [-0.39, 0.29) is 108 Å². The third-order valence-electron chi connectivity index (χ3n) is 17.1. The van der Waals surface area contributed by atoms with Crippen molar-refractivity contribution in [1.82, 2.24) is 15.0 Å². The summed E-state index contributed by atoms with van der Waals surface area (Å²) < 4.78 is 1.28. The molecule has 0 aliphatic carbocycles. The Balaban J connectivity index is 0.000000203. The van der Waals surface area contributed by atoms with Crippen molar-refractivity contribution in [1.29, 1.82) is 0 Å². The minimum Gasteiger partial charge on any atom is -0.512 e. The summed E-state index contributed by atoms with van der Waals surface area (Å²) in [6, 6.07) is 110. The Morgan fingerprint density at radius 2 is 0.769 bits per heavy atom. The van der Waals surface area contributed by atoms with Gasteiger partial charge in [-0.1, -0.05) is 200 Å². The van der Waals surface area contributed by atoms with Crippen LogP contribution in [0, 0.1) is 30.3 Å². The van der Waals surface area contributed by atoms with Gasteiger partial charge in [-0.2, -0.15) is 30.3 Å². The van der Waals surface area contributed by atoms with Gasteiger partial charge < -0.3 is 20.1 Å². The molecule has 4 aromatic heterocycles. The predicted molar refractivity (Wildman–Crippen MR) is 422 cm³/mol. The first-order valence-electron chi connectivity index (χ1n) is 33.8. The zero-order valence-corrected chi connectivity index (χ0v) is 70.5. The van der Waals surface area contributed by atoms with Gasteiger partial charge >= 0.3 is 0 Å². The first-order chi connectivity index (χ1) is 48.1. The number of aliphatic hydroxyl groups is 1. The number of rotatable bonds is 8. The molecule has 0 fully saturated rings. The SMILES string of the molecule is CC(=O)C=C(C)O.CC(C)(C)c1c[c-]c(-c2nccc3ccccc23)cc1.CC(C)(C)c1ccc(-c2cc(-c3ccc(C(C)(C)C)cc3)cc(-c3cc[c-]c(-c4nccc5ccccc45)c3)c2)cc1.[Ir].[Ir].[Ir].[Ir].[c-]1ccccc1-c1[c-]c2ccccc2s1.[c-]1ccccc1-c1nccc2ccccc12. The molecule has 0 aliphatic heterocycles. The molecule has 0 saturated heterocycles. The third-order valence-corrected chi connectivity index (χ3v) is 18.2. The van der Waals surface area contributed by atoms with Gasteiger partial charge in [0, 0.05) is 105 Å². The monoisotopic (exact) mass is 2090 g/mol. The quantitative estimate of drug-likeness (QED) is 0.0932. The van der Waals surface area contributed by atoms with Crippen LogP contribution in [0.15, 0.2) is 297 Å². The molecule has 0 saturated carbocycles. The van der Waals surface area contributed by atoms with Gasteiger partial charge in [0.2, 0.25) is 0 Å². The second-order valence-corrected chi connectivity index (χ2v) is 28.9. The van der Waals surface area contributed by atoms with E-state index in [1.807, 2.05) is 97.5 Å². The molecule has 0 amide bonds. The Morgan fingerprint density at radius 3 is 1.17 bits per heavy atom. The summed E-state index contributed by atoms with van der Waals surface area (Å²) in [5, 5.41) is 16.7. The second-order valence-electron chi connectivity index (χ2n) is 27.8. The number of carbonyl (C=O) groups is 1. The van der Waals surface area contributed by atoms with Crippen LogP contribution in [-0.2, 0) is 101 Å². The molecule has 4 radical (unpaired) electrons. The van der Waals surface area contributed by atoms with Gasteiger partial charge in [0.05, 0.1) is 5.76 Å². The fourth-order valence-electron chi connectivity index (χ4n) is 11.7. The first-order valence-corrected chi connectivity index (χ1v) is 34.6. The van der Waals surface area contributed by atoms with Crippen LogP contribution in [0.5, 0.6) is 0 Å². The van der Waals surface area contributed by atoms with Crippen molar-refractivity contribution < 1.29 is 90.3 Å². The predicted octanol–water partition coefficient (Wildman–Crippen LogP) is 25.2. The average Bonchev–Trinajstić information content (AvgIpc) is 1.07. The molecule has 15 aromatic rings. The van der Waals surface area contributed by atoms with Crippen LogP contribution in [-0.4, -0.2) is 25.8 Å². The van der Waals surface area contributed by atoms with Gasteiger partial charge in [-0.25, -0.2) is 5.56 Å². The van der Waals surface area contributed by atoms with Crippen LogP contribution in [0.4, 0.5) is 0 Å². The van der Waals surface area contributed by atoms with Crippen molar-refractivity contribution in [2.75, 3.05) is 0 Å². The van der Waals surface area contributed by atoms with E-state index in [1.165, 1.54) is 101 Å². The Hall–Kier alpha value is -8.58. The van der Waals surface area contributed by atoms with Crippen LogP contribution in [0.1, 0.15) is 92.9 Å². The van der Waals surface area contributed by atoms with Crippen LogP contribution in [0.25, 0.3) is 120 Å². The summed E-state index contributed by atoms with van der Waals surface area (Å²) in [6.07, 6.45) is 6.76. The van der Waals surface area contributed by atoms with Gasteiger partial charge in [-0.05, 0) is 155 Å². The van der Waals surface area contributed by atoms with E-state index in [9.17, 15) is 4.79 Å². The van der Waals surface area contributed by atoms with Crippen molar-refractivity contribution in [3.05, 3.63) is 344 Å². The number of thiophene rings is 1. The van der Waals surface area contributed by atoms with Crippen molar-refractivity contribution in [3.63, 3.8) is 0 Å². The molecule has 10 heteroatoms. The summed E-state index contributed by atoms with van der Waals surface area (Å²) in [5.74, 6) is -0.0625. The number of benzene rings is 11. The zero-order valence-electron chi connectivity index (χ0n) is 60.2. The van der Waals surface area contributed by atoms with E-state index in [0.29, 0.717) is 0 Å². The number of aromatic nitrogens is 3. The number of pyridine rings is 3. The molecule has 532 valence electrons. The van der Waals surface area contributed by atoms with E-state index in [2.05, 4.69) is 291 Å². The minimum atomic E-state index is -0.125. The normalized spacial score (nSPS) is 11.0. The molecule has 4 heterocycles. The number of carbonyl (C=O) groups excluding carboxylic acids is 1. The summed E-state index contributed by atoms with van der Waals surface area (Å²) >= 11 is 1.76. The number of nitrogens with zero attached hydrogens (tertiary/aromatic N) is 3. The molecule has 0 spiro atoms. The molecule has 0 unspecified atom stereocenters. The zero-order chi connectivity index (χ0) is 70.4. The van der Waals surface area contributed by atoms with Crippen LogP contribution in [0.2, 0.25) is 0 Å². The molecule has 1 N–H and O–H groups in total. The molecular formula is C94H82Ir4N3O2S-5. The van der Waals surface area contributed by atoms with Crippen LogP contribution >= 0.6 is 11.3 Å². The summed E-state index contributed by atoms with van der Waals surface area (Å²) in [7, 11) is 0. The molecular weight excluding hydrogens is 2000 g/mol. The van der Waals surface area contributed by atoms with E-state index in [0.717, 1.165) is 55.2 Å². The van der Waals surface area contributed by atoms with Gasteiger partial charge in [0.15, 0.2) is 5.78 Å². The molecule has 5 nitrogen and oxygen atoms in total. The van der Waals surface area contributed by atoms with Gasteiger partial charge in [0.25, 0.3) is 0 Å². The molecule has 0 bridgehead atoms. The topological polar surface area (TPSA) is 76.0 Å². The van der Waals surface area contributed by atoms with Crippen molar-refractivity contribution in [3.8, 4) is 77.6 Å². The van der Waals surface area contributed by atoms with Gasteiger partial charge in [-0.3, -0.25) is 16.1 Å². The van der Waals surface area contributed by atoms with E-state index >= 15 is 0 Å². The first kappa shape index (κ1) is 82.7. The van der Waals surface area contributed by atoms with Crippen LogP contribution in [0.3, 0.4) is 0 Å². The number of ketones is 1. The number of fused-ring (bicyclic) bond motifs is 4. The molecule has 15 rings (SSSR count). The number of hydrogen-bond acceptors (Lipinski definition) is 6. The van der Waals surface area contributed by atoms with E-state index in [4.69, 9.17) is 10.1 Å². The third kappa shape index (κ3) is 21.8. The van der Waals surface area contributed by atoms with Gasteiger partial charge in [-0.15, -0.1) is 135 Å². The largest absolute Gasteiger partial charge is 0.512 e. The Bertz CT molecular complexity index is 5160. The summed E-state index contributed by atoms with van der Waals surface area (Å²) in [5.41, 5.74) is 18.7. The van der Waals surface area contributed by atoms with Crippen molar-refractivity contribution >= 4 is 59.5 Å². The molecule has 0 atom stereocenters. The molecule has 11 aromatic carbocycles.